The third-order valence-corrected chi connectivity index (χ3v) is 5.23. The van der Waals surface area contributed by atoms with E-state index in [1.54, 1.807) is 31.3 Å². The van der Waals surface area contributed by atoms with Gasteiger partial charge in [0, 0.05) is 30.5 Å². The number of fused-ring (bicyclic) bond motifs is 2. The number of aromatic nitrogens is 3. The van der Waals surface area contributed by atoms with Gasteiger partial charge in [0.25, 0.3) is 11.2 Å². The number of aromatic amines is 1. The highest BCUT2D eigenvalue weighted by Gasteiger charge is 2.31. The molecule has 0 radical (unpaired) electrons. The second kappa shape index (κ2) is 5.92. The van der Waals surface area contributed by atoms with Crippen LogP contribution in [0.25, 0.3) is 22.2 Å². The van der Waals surface area contributed by atoms with Gasteiger partial charge >= 0.3 is 5.69 Å². The summed E-state index contributed by atoms with van der Waals surface area (Å²) in [5.41, 5.74) is 2.20. The fraction of sp³-hybridized carbons (Fsp3) is 0.263. The van der Waals surface area contributed by atoms with Crippen LogP contribution in [0.3, 0.4) is 0 Å². The standard InChI is InChI=1S/C19H16ClN3O3/c1-22-17-16(18(25)23(2)19(22)26)14(10-6-8-11(20)9-7-10)15-12(21-17)4-3-5-13(15)24/h6-9H,3-5H2,1-2H3/p+1. The number of ketones is 1. The summed E-state index contributed by atoms with van der Waals surface area (Å²) in [4.78, 5) is 41.2. The van der Waals surface area contributed by atoms with Crippen molar-refractivity contribution in [3.63, 3.8) is 0 Å². The van der Waals surface area contributed by atoms with Crippen molar-refractivity contribution in [2.45, 2.75) is 19.3 Å². The summed E-state index contributed by atoms with van der Waals surface area (Å²) >= 11 is 6.01. The van der Waals surface area contributed by atoms with Crippen LogP contribution in [0.15, 0.2) is 33.9 Å². The van der Waals surface area contributed by atoms with Crippen molar-refractivity contribution in [1.29, 1.82) is 0 Å². The van der Waals surface area contributed by atoms with Gasteiger partial charge in [-0.15, -0.1) is 0 Å². The van der Waals surface area contributed by atoms with Crippen LogP contribution < -0.4 is 16.2 Å². The van der Waals surface area contributed by atoms with Crippen molar-refractivity contribution >= 4 is 28.4 Å². The van der Waals surface area contributed by atoms with E-state index in [0.717, 1.165) is 22.2 Å². The summed E-state index contributed by atoms with van der Waals surface area (Å²) in [6.45, 7) is 0. The lowest BCUT2D eigenvalue weighted by atomic mass is 9.86. The summed E-state index contributed by atoms with van der Waals surface area (Å²) in [5.74, 6) is 0.00487. The fourth-order valence-electron chi connectivity index (χ4n) is 3.65. The molecule has 1 aromatic carbocycles. The van der Waals surface area contributed by atoms with Crippen LogP contribution in [0, 0.1) is 0 Å². The Kier molecular flexibility index (Phi) is 3.80. The highest BCUT2D eigenvalue weighted by atomic mass is 35.5. The number of benzene rings is 1. The molecule has 0 spiro atoms. The van der Waals surface area contributed by atoms with Crippen molar-refractivity contribution in [2.75, 3.05) is 0 Å². The lowest BCUT2D eigenvalue weighted by molar-refractivity contribution is -0.363. The second-order valence-electron chi connectivity index (χ2n) is 6.57. The SMILES string of the molecule is Cn1c(=O)c2c(-c3ccc(Cl)cc3)c3c([nH+]c2n(C)c1=O)CCCC3=O. The first-order chi connectivity index (χ1) is 12.4. The van der Waals surface area contributed by atoms with Gasteiger partial charge in [-0.1, -0.05) is 23.7 Å². The number of halogens is 1. The number of hydrogen-bond acceptors (Lipinski definition) is 3. The Hall–Kier alpha value is -2.73. The molecule has 2 aromatic heterocycles. The van der Waals surface area contributed by atoms with Gasteiger partial charge in [-0.05, 0) is 24.1 Å². The predicted octanol–water partition coefficient (Wildman–Crippen LogP) is 1.89. The van der Waals surface area contributed by atoms with E-state index in [0.29, 0.717) is 40.0 Å². The largest absolute Gasteiger partial charge is 0.417 e. The quantitative estimate of drug-likeness (QED) is 0.656. The molecule has 1 aliphatic carbocycles. The van der Waals surface area contributed by atoms with E-state index in [2.05, 4.69) is 4.98 Å². The highest BCUT2D eigenvalue weighted by molar-refractivity contribution is 6.30. The number of rotatable bonds is 1. The lowest BCUT2D eigenvalue weighted by Gasteiger charge is -2.18. The van der Waals surface area contributed by atoms with Crippen LogP contribution in [0.2, 0.25) is 5.02 Å². The number of aryl methyl sites for hydroxylation is 2. The average Bonchev–Trinajstić information content (AvgIpc) is 2.64. The molecule has 3 aromatic rings. The molecule has 0 fully saturated rings. The molecule has 26 heavy (non-hydrogen) atoms. The molecule has 4 rings (SSSR count). The number of hydrogen-bond donors (Lipinski definition) is 0. The Morgan fingerprint density at radius 1 is 0.962 bits per heavy atom. The minimum Gasteiger partial charge on any atom is -0.294 e. The van der Waals surface area contributed by atoms with Gasteiger partial charge in [0.2, 0.25) is 0 Å². The normalized spacial score (nSPS) is 13.9. The zero-order chi connectivity index (χ0) is 18.6. The van der Waals surface area contributed by atoms with Crippen molar-refractivity contribution in [1.82, 2.24) is 9.13 Å². The zero-order valence-electron chi connectivity index (χ0n) is 14.4. The molecule has 0 bridgehead atoms. The summed E-state index contributed by atoms with van der Waals surface area (Å²) in [7, 11) is 3.06. The molecule has 0 amide bonds. The Morgan fingerprint density at radius 3 is 2.35 bits per heavy atom. The van der Waals surface area contributed by atoms with Gasteiger partial charge in [0.05, 0.1) is 12.6 Å². The molecule has 7 heteroatoms. The topological polar surface area (TPSA) is 75.2 Å². The monoisotopic (exact) mass is 370 g/mol. The first-order valence-corrected chi connectivity index (χ1v) is 8.75. The Balaban J connectivity index is 2.28. The number of nitrogens with one attached hydrogen (secondary N) is 1. The molecule has 1 N–H and O–H groups in total. The van der Waals surface area contributed by atoms with Gasteiger partial charge in [-0.2, -0.15) is 4.57 Å². The molecular weight excluding hydrogens is 354 g/mol. The number of pyridine rings is 1. The van der Waals surface area contributed by atoms with Gasteiger partial charge in [-0.25, -0.2) is 14.3 Å². The minimum atomic E-state index is -0.425. The van der Waals surface area contributed by atoms with Crippen LogP contribution in [-0.2, 0) is 20.5 Å². The van der Waals surface area contributed by atoms with Gasteiger partial charge < -0.3 is 0 Å². The smallest absolute Gasteiger partial charge is 0.294 e. The van der Waals surface area contributed by atoms with Crippen molar-refractivity contribution in [3.8, 4) is 11.1 Å². The summed E-state index contributed by atoms with van der Waals surface area (Å²) < 4.78 is 2.48. The molecule has 0 unspecified atom stereocenters. The number of H-pyrrole nitrogens is 1. The predicted molar refractivity (Wildman–Crippen MR) is 98.7 cm³/mol. The lowest BCUT2D eigenvalue weighted by Crippen LogP contribution is -2.41. The van der Waals surface area contributed by atoms with E-state index in [1.165, 1.54) is 11.6 Å². The maximum Gasteiger partial charge on any atom is 0.417 e. The van der Waals surface area contributed by atoms with Crippen LogP contribution >= 0.6 is 11.6 Å². The van der Waals surface area contributed by atoms with Crippen LogP contribution in [0.4, 0.5) is 0 Å². The summed E-state index contributed by atoms with van der Waals surface area (Å²) in [6, 6.07) is 7.05. The van der Waals surface area contributed by atoms with Gasteiger partial charge in [0.15, 0.2) is 5.78 Å². The Bertz CT molecular complexity index is 1190. The maximum atomic E-state index is 12.9. The van der Waals surface area contributed by atoms with E-state index in [1.807, 2.05) is 0 Å². The second-order valence-corrected chi connectivity index (χ2v) is 7.00. The molecule has 1 aliphatic rings. The zero-order valence-corrected chi connectivity index (χ0v) is 15.2. The molecule has 0 aliphatic heterocycles. The number of nitrogens with zero attached hydrogens (tertiary/aromatic N) is 2. The van der Waals surface area contributed by atoms with Crippen molar-refractivity contribution in [3.05, 3.63) is 61.4 Å². The number of Topliss-reactive ketones (excluding diaryl/α,β-unsaturated/α-hetero) is 1. The maximum absolute atomic E-state index is 12.9. The van der Waals surface area contributed by atoms with E-state index >= 15 is 0 Å². The summed E-state index contributed by atoms with van der Waals surface area (Å²) in [6.07, 6.45) is 1.88. The van der Waals surface area contributed by atoms with Crippen LogP contribution in [-0.4, -0.2) is 14.9 Å². The van der Waals surface area contributed by atoms with Crippen molar-refractivity contribution in [2.24, 2.45) is 14.1 Å². The van der Waals surface area contributed by atoms with Crippen LogP contribution in [0.1, 0.15) is 28.9 Å². The molecule has 0 saturated carbocycles. The Morgan fingerprint density at radius 2 is 1.65 bits per heavy atom. The van der Waals surface area contributed by atoms with Crippen LogP contribution in [0.5, 0.6) is 0 Å². The number of carbonyl (C=O) groups is 1. The van der Waals surface area contributed by atoms with Crippen molar-refractivity contribution < 1.29 is 9.78 Å². The van der Waals surface area contributed by atoms with E-state index in [-0.39, 0.29) is 5.78 Å². The minimum absolute atomic E-state index is 0.00487. The highest BCUT2D eigenvalue weighted by Crippen LogP contribution is 2.33. The molecule has 2 heterocycles. The first kappa shape index (κ1) is 16.7. The van der Waals surface area contributed by atoms with E-state index < -0.39 is 11.2 Å². The van der Waals surface area contributed by atoms with E-state index in [4.69, 9.17) is 11.6 Å². The summed E-state index contributed by atoms with van der Waals surface area (Å²) in [5, 5.41) is 0.909. The third-order valence-electron chi connectivity index (χ3n) is 4.98. The van der Waals surface area contributed by atoms with E-state index in [9.17, 15) is 14.4 Å². The molecule has 6 nitrogen and oxygen atoms in total. The molecule has 0 saturated heterocycles. The molecule has 132 valence electrons. The first-order valence-electron chi connectivity index (χ1n) is 8.37. The Labute approximate surface area is 153 Å². The average molecular weight is 371 g/mol. The third kappa shape index (κ3) is 2.33. The van der Waals surface area contributed by atoms with Gasteiger partial charge in [0.1, 0.15) is 11.1 Å². The number of carbonyl (C=O) groups excluding carboxylic acids is 1. The molecule has 0 atom stereocenters. The van der Waals surface area contributed by atoms with Gasteiger partial charge in [-0.3, -0.25) is 9.59 Å². The fourth-order valence-corrected chi connectivity index (χ4v) is 3.77. The molecular formula is C19H17ClN3O3+.